The van der Waals surface area contributed by atoms with E-state index >= 15 is 0 Å². The summed E-state index contributed by atoms with van der Waals surface area (Å²) in [5.74, 6) is 0.471. The first-order valence-corrected chi connectivity index (χ1v) is 12.6. The Hall–Kier alpha value is -2.92. The first kappa shape index (κ1) is 26.2. The molecule has 0 radical (unpaired) electrons. The predicted octanol–water partition coefficient (Wildman–Crippen LogP) is 2.80. The van der Waals surface area contributed by atoms with E-state index in [0.29, 0.717) is 54.9 Å². The highest BCUT2D eigenvalue weighted by atomic mass is 35.5. The number of benzene rings is 1. The highest BCUT2D eigenvalue weighted by molar-refractivity contribution is 8.00. The molecule has 4 N–H and O–H groups in total. The van der Waals surface area contributed by atoms with Gasteiger partial charge in [-0.1, -0.05) is 12.1 Å². The van der Waals surface area contributed by atoms with Crippen molar-refractivity contribution < 1.29 is 14.7 Å². The van der Waals surface area contributed by atoms with Gasteiger partial charge in [0.2, 0.25) is 5.91 Å². The van der Waals surface area contributed by atoms with Crippen molar-refractivity contribution in [1.29, 1.82) is 0 Å². The number of thioether (sulfide) groups is 1. The van der Waals surface area contributed by atoms with Crippen LogP contribution >= 0.6 is 24.2 Å². The van der Waals surface area contributed by atoms with Crippen LogP contribution in [0.1, 0.15) is 31.4 Å². The Balaban J connectivity index is 0.00000304. The van der Waals surface area contributed by atoms with Gasteiger partial charge in [0.15, 0.2) is 0 Å². The van der Waals surface area contributed by atoms with Crippen LogP contribution in [0, 0.1) is 0 Å². The molecule has 1 aliphatic carbocycles. The first-order chi connectivity index (χ1) is 16.8. The molecule has 11 heteroatoms. The Kier molecular flexibility index (Phi) is 7.70. The van der Waals surface area contributed by atoms with Crippen molar-refractivity contribution in [1.82, 2.24) is 14.9 Å². The lowest BCUT2D eigenvalue weighted by Gasteiger charge is -2.35. The number of rotatable bonds is 5. The number of aliphatic hydroxyl groups is 1. The summed E-state index contributed by atoms with van der Waals surface area (Å²) in [5, 5.41) is 21.3. The third-order valence-electron chi connectivity index (χ3n) is 6.70. The van der Waals surface area contributed by atoms with Gasteiger partial charge >= 0.3 is 0 Å². The van der Waals surface area contributed by atoms with Gasteiger partial charge in [0, 0.05) is 25.8 Å². The second-order valence-electron chi connectivity index (χ2n) is 9.13. The van der Waals surface area contributed by atoms with Gasteiger partial charge in [-0.25, -0.2) is 4.98 Å². The van der Waals surface area contributed by atoms with Crippen LogP contribution in [0.3, 0.4) is 0 Å². The van der Waals surface area contributed by atoms with Gasteiger partial charge in [-0.3, -0.25) is 14.4 Å². The number of hydrogen-bond donors (Lipinski definition) is 4. The number of carbonyl (C=O) groups is 2. The SMILES string of the molecule is Cl.Cn1ccc2cccc(NC(=O)C3(O)CCC(NCc4ccc5c(n4)NC(=O)CS5)CC3)c2c1=O. The molecule has 5 rings (SSSR count). The van der Waals surface area contributed by atoms with Crippen LogP contribution in [0.4, 0.5) is 11.5 Å². The molecular formula is C25H28ClN5O4S. The number of anilines is 2. The molecular weight excluding hydrogens is 502 g/mol. The summed E-state index contributed by atoms with van der Waals surface area (Å²) in [4.78, 5) is 42.8. The number of amides is 2. The summed E-state index contributed by atoms with van der Waals surface area (Å²) < 4.78 is 1.47. The van der Waals surface area contributed by atoms with Crippen molar-refractivity contribution in [3.63, 3.8) is 0 Å². The summed E-state index contributed by atoms with van der Waals surface area (Å²) >= 11 is 1.48. The molecule has 9 nitrogen and oxygen atoms in total. The van der Waals surface area contributed by atoms with E-state index in [0.717, 1.165) is 16.0 Å². The Morgan fingerprint density at radius 3 is 2.78 bits per heavy atom. The van der Waals surface area contributed by atoms with Crippen molar-refractivity contribution in [3.8, 4) is 0 Å². The van der Waals surface area contributed by atoms with Crippen LogP contribution in [0.5, 0.6) is 0 Å². The standard InChI is InChI=1S/C25H27N5O4S.ClH/c1-30-12-9-15-3-2-4-18(21(15)23(30)32)28-24(33)25(34)10-7-16(8-11-25)26-13-17-5-6-19-22(27-17)29-20(31)14-35-19;/h2-6,9,12,16,26,34H,7-8,10-11,13-14H2,1H3,(H,28,33)(H,27,29,31);1H. The number of carbonyl (C=O) groups excluding carboxylic acids is 2. The van der Waals surface area contributed by atoms with Crippen LogP contribution in [0.15, 0.2) is 52.3 Å². The van der Waals surface area contributed by atoms with E-state index in [-0.39, 0.29) is 29.9 Å². The van der Waals surface area contributed by atoms with Gasteiger partial charge in [-0.2, -0.15) is 0 Å². The number of halogens is 1. The van der Waals surface area contributed by atoms with Crippen molar-refractivity contribution >= 4 is 58.3 Å². The van der Waals surface area contributed by atoms with Gasteiger partial charge in [-0.15, -0.1) is 24.2 Å². The van der Waals surface area contributed by atoms with Gasteiger partial charge in [0.25, 0.3) is 11.5 Å². The van der Waals surface area contributed by atoms with Gasteiger partial charge in [0.1, 0.15) is 11.4 Å². The summed E-state index contributed by atoms with van der Waals surface area (Å²) in [7, 11) is 1.66. The monoisotopic (exact) mass is 529 g/mol. The molecule has 2 aromatic heterocycles. The Morgan fingerprint density at radius 2 is 2.00 bits per heavy atom. The normalized spacial score (nSPS) is 21.3. The van der Waals surface area contributed by atoms with Crippen molar-refractivity contribution in [2.45, 2.75) is 48.8 Å². The summed E-state index contributed by atoms with van der Waals surface area (Å²) in [6.07, 6.45) is 3.55. The van der Waals surface area contributed by atoms with Crippen LogP contribution in [-0.2, 0) is 23.2 Å². The molecule has 2 amide bonds. The number of fused-ring (bicyclic) bond motifs is 2. The molecule has 0 spiro atoms. The molecule has 0 atom stereocenters. The minimum atomic E-state index is -1.49. The number of nitrogens with zero attached hydrogens (tertiary/aromatic N) is 2. The molecule has 36 heavy (non-hydrogen) atoms. The maximum atomic E-state index is 13.0. The average molecular weight is 530 g/mol. The second-order valence-corrected chi connectivity index (χ2v) is 10.1. The fourth-order valence-electron chi connectivity index (χ4n) is 4.60. The van der Waals surface area contributed by atoms with Gasteiger partial charge in [0.05, 0.1) is 27.4 Å². The zero-order valence-corrected chi connectivity index (χ0v) is 21.4. The van der Waals surface area contributed by atoms with Crippen LogP contribution in [0.25, 0.3) is 10.8 Å². The van der Waals surface area contributed by atoms with E-state index in [9.17, 15) is 19.5 Å². The molecule has 1 fully saturated rings. The molecule has 1 aromatic carbocycles. The van der Waals surface area contributed by atoms with E-state index in [2.05, 4.69) is 20.9 Å². The van der Waals surface area contributed by atoms with Crippen molar-refractivity contribution in [3.05, 3.63) is 58.6 Å². The highest BCUT2D eigenvalue weighted by Crippen LogP contribution is 2.32. The van der Waals surface area contributed by atoms with E-state index < -0.39 is 11.5 Å². The lowest BCUT2D eigenvalue weighted by molar-refractivity contribution is -0.137. The maximum Gasteiger partial charge on any atom is 0.260 e. The maximum absolute atomic E-state index is 13.0. The smallest absolute Gasteiger partial charge is 0.260 e. The van der Waals surface area contributed by atoms with E-state index in [1.165, 1.54) is 16.3 Å². The number of aromatic nitrogens is 2. The zero-order chi connectivity index (χ0) is 24.6. The fourth-order valence-corrected chi connectivity index (χ4v) is 5.36. The third-order valence-corrected chi connectivity index (χ3v) is 7.74. The molecule has 0 unspecified atom stereocenters. The van der Waals surface area contributed by atoms with Gasteiger partial charge < -0.3 is 25.6 Å². The van der Waals surface area contributed by atoms with E-state index in [4.69, 9.17) is 0 Å². The van der Waals surface area contributed by atoms with Crippen LogP contribution < -0.4 is 21.5 Å². The summed E-state index contributed by atoms with van der Waals surface area (Å²) in [6.45, 7) is 0.530. The Bertz CT molecular complexity index is 1370. The molecule has 3 aromatic rings. The average Bonchev–Trinajstić information content (AvgIpc) is 2.85. The fraction of sp³-hybridized carbons (Fsp3) is 0.360. The largest absolute Gasteiger partial charge is 0.380 e. The van der Waals surface area contributed by atoms with Crippen LogP contribution in [-0.4, -0.2) is 43.9 Å². The minimum absolute atomic E-state index is 0. The van der Waals surface area contributed by atoms with Crippen molar-refractivity contribution in [2.24, 2.45) is 7.05 Å². The number of aryl methyl sites for hydroxylation is 1. The quantitative estimate of drug-likeness (QED) is 0.400. The molecule has 1 saturated carbocycles. The van der Waals surface area contributed by atoms with E-state index in [1.807, 2.05) is 24.3 Å². The highest BCUT2D eigenvalue weighted by Gasteiger charge is 2.40. The predicted molar refractivity (Wildman–Crippen MR) is 143 cm³/mol. The topological polar surface area (TPSA) is 125 Å². The Labute approximate surface area is 218 Å². The van der Waals surface area contributed by atoms with Crippen LogP contribution in [0.2, 0.25) is 0 Å². The Morgan fingerprint density at radius 1 is 1.22 bits per heavy atom. The second kappa shape index (κ2) is 10.6. The molecule has 190 valence electrons. The molecule has 1 aliphatic heterocycles. The minimum Gasteiger partial charge on any atom is -0.380 e. The lowest BCUT2D eigenvalue weighted by atomic mass is 9.81. The molecule has 3 heterocycles. The molecule has 2 aliphatic rings. The number of nitrogens with one attached hydrogen (secondary N) is 3. The summed E-state index contributed by atoms with van der Waals surface area (Å²) in [5.41, 5.74) is -0.465. The lowest BCUT2D eigenvalue weighted by Crippen LogP contribution is -2.49. The number of hydrogen-bond acceptors (Lipinski definition) is 7. The zero-order valence-electron chi connectivity index (χ0n) is 19.7. The molecule has 0 saturated heterocycles. The van der Waals surface area contributed by atoms with Crippen molar-refractivity contribution in [2.75, 3.05) is 16.4 Å². The summed E-state index contributed by atoms with van der Waals surface area (Å²) in [6, 6.07) is 11.1. The third kappa shape index (κ3) is 5.27. The van der Waals surface area contributed by atoms with Gasteiger partial charge in [-0.05, 0) is 55.3 Å². The van der Waals surface area contributed by atoms with E-state index in [1.54, 1.807) is 25.4 Å². The number of pyridine rings is 2. The molecule has 0 bridgehead atoms. The first-order valence-electron chi connectivity index (χ1n) is 11.6.